The van der Waals surface area contributed by atoms with Gasteiger partial charge in [-0.15, -0.1) is 0 Å². The van der Waals surface area contributed by atoms with E-state index < -0.39 is 0 Å². The molecule has 2 aromatic carbocycles. The average Bonchev–Trinajstić information content (AvgIpc) is 2.80. The van der Waals surface area contributed by atoms with Crippen molar-refractivity contribution >= 4 is 29.4 Å². The molecule has 0 radical (unpaired) electrons. The lowest BCUT2D eigenvalue weighted by molar-refractivity contribution is -0.116. The summed E-state index contributed by atoms with van der Waals surface area (Å²) in [6.07, 6.45) is 4.96. The molecule has 2 N–H and O–H groups in total. The molecule has 6 heteroatoms. The molecule has 1 fully saturated rings. The van der Waals surface area contributed by atoms with Crippen LogP contribution in [0.4, 0.5) is 15.8 Å². The Morgan fingerprint density at radius 1 is 1.18 bits per heavy atom. The van der Waals surface area contributed by atoms with Gasteiger partial charge >= 0.3 is 0 Å². The Bertz CT molecular complexity index is 1030. The Balaban J connectivity index is 1.75. The average molecular weight is 452 g/mol. The molecule has 1 aliphatic heterocycles. The number of nitrogens with zero attached hydrogens (tertiary/aromatic N) is 1. The Labute approximate surface area is 196 Å². The van der Waals surface area contributed by atoms with E-state index >= 15 is 0 Å². The highest BCUT2D eigenvalue weighted by molar-refractivity contribution is 5.92. The third-order valence-electron chi connectivity index (χ3n) is 5.78. The number of carbonyl (C=O) groups is 1. The number of morpholine rings is 1. The molecule has 33 heavy (non-hydrogen) atoms. The molecule has 0 saturated carbocycles. The van der Waals surface area contributed by atoms with Gasteiger partial charge in [0.15, 0.2) is 0 Å². The van der Waals surface area contributed by atoms with Crippen LogP contribution in [-0.2, 0) is 21.5 Å². The van der Waals surface area contributed by atoms with Gasteiger partial charge in [0.2, 0.25) is 5.91 Å². The van der Waals surface area contributed by atoms with Crippen molar-refractivity contribution in [1.29, 1.82) is 0 Å². The number of amides is 1. The fourth-order valence-corrected chi connectivity index (χ4v) is 3.86. The highest BCUT2D eigenvalue weighted by Gasteiger charge is 2.19. The van der Waals surface area contributed by atoms with E-state index in [2.05, 4.69) is 61.1 Å². The molecule has 0 aliphatic carbocycles. The zero-order valence-electron chi connectivity index (χ0n) is 20.0. The molecule has 0 bridgehead atoms. The predicted octanol–water partition coefficient (Wildman–Crippen LogP) is 4.97. The summed E-state index contributed by atoms with van der Waals surface area (Å²) in [4.78, 5) is 14.8. The molecule has 2 aromatic rings. The molecule has 3 rings (SSSR count). The van der Waals surface area contributed by atoms with E-state index in [1.165, 1.54) is 17.7 Å². The van der Waals surface area contributed by atoms with Gasteiger partial charge in [-0.05, 0) is 46.4 Å². The Morgan fingerprint density at radius 3 is 2.55 bits per heavy atom. The van der Waals surface area contributed by atoms with Gasteiger partial charge in [0.25, 0.3) is 0 Å². The first-order chi connectivity index (χ1) is 15.7. The Morgan fingerprint density at radius 2 is 1.91 bits per heavy atom. The van der Waals surface area contributed by atoms with Gasteiger partial charge < -0.3 is 20.3 Å². The van der Waals surface area contributed by atoms with E-state index in [1.807, 2.05) is 12.1 Å². The number of ether oxygens (including phenoxy) is 1. The third-order valence-corrected chi connectivity index (χ3v) is 5.78. The van der Waals surface area contributed by atoms with Crippen LogP contribution >= 0.6 is 0 Å². The van der Waals surface area contributed by atoms with Crippen LogP contribution in [0.2, 0.25) is 0 Å². The number of anilines is 2. The molecule has 1 amide bonds. The van der Waals surface area contributed by atoms with Crippen molar-refractivity contribution in [2.45, 2.75) is 32.7 Å². The molecular weight excluding hydrogens is 417 g/mol. The minimum atomic E-state index is -0.371. The molecule has 0 unspecified atom stereocenters. The molecule has 1 heterocycles. The maximum atomic E-state index is 14.3. The van der Waals surface area contributed by atoms with Crippen LogP contribution in [0.5, 0.6) is 0 Å². The van der Waals surface area contributed by atoms with Crippen LogP contribution in [0.15, 0.2) is 43.0 Å². The van der Waals surface area contributed by atoms with E-state index in [0.29, 0.717) is 30.0 Å². The molecule has 0 aromatic heterocycles. The number of benzene rings is 2. The van der Waals surface area contributed by atoms with Gasteiger partial charge in [0, 0.05) is 44.0 Å². The first-order valence-corrected chi connectivity index (χ1v) is 11.3. The van der Waals surface area contributed by atoms with Gasteiger partial charge in [-0.1, -0.05) is 45.6 Å². The Hall–Kier alpha value is -3.12. The number of hydrogen-bond acceptors (Lipinski definition) is 4. The summed E-state index contributed by atoms with van der Waals surface area (Å²) < 4.78 is 19.8. The standard InChI is InChI=1S/C27H34FN3O2/c1-6-20-15-19(16-23(28)26(20)29-5)18-30-25(32)10-8-21-7-9-22(27(2,3)4)17-24(21)31-11-13-33-14-12-31/h6-10,15-17,29H,1,11-14,18H2,2-5H3,(H,30,32)/b10-8+. The summed E-state index contributed by atoms with van der Waals surface area (Å²) in [5.74, 6) is -0.607. The van der Waals surface area contributed by atoms with Crippen molar-refractivity contribution in [3.8, 4) is 0 Å². The van der Waals surface area contributed by atoms with E-state index in [4.69, 9.17) is 4.74 Å². The summed E-state index contributed by atoms with van der Waals surface area (Å²) in [5, 5.41) is 5.67. The van der Waals surface area contributed by atoms with Crippen LogP contribution in [0.25, 0.3) is 12.2 Å². The normalized spacial score (nSPS) is 14.4. The molecule has 0 atom stereocenters. The summed E-state index contributed by atoms with van der Waals surface area (Å²) in [6, 6.07) is 9.63. The Kier molecular flexibility index (Phi) is 7.92. The van der Waals surface area contributed by atoms with Crippen LogP contribution in [0.3, 0.4) is 0 Å². The lowest BCUT2D eigenvalue weighted by Crippen LogP contribution is -2.36. The molecule has 1 aliphatic rings. The lowest BCUT2D eigenvalue weighted by atomic mass is 9.86. The fraction of sp³-hybridized carbons (Fsp3) is 0.370. The van der Waals surface area contributed by atoms with Crippen molar-refractivity contribution in [2.75, 3.05) is 43.6 Å². The lowest BCUT2D eigenvalue weighted by Gasteiger charge is -2.32. The van der Waals surface area contributed by atoms with Crippen molar-refractivity contribution in [2.24, 2.45) is 0 Å². The van der Waals surface area contributed by atoms with Crippen molar-refractivity contribution in [3.63, 3.8) is 0 Å². The molecule has 5 nitrogen and oxygen atoms in total. The quantitative estimate of drug-likeness (QED) is 0.584. The summed E-state index contributed by atoms with van der Waals surface area (Å²) >= 11 is 0. The van der Waals surface area contributed by atoms with E-state index in [1.54, 1.807) is 13.1 Å². The minimum absolute atomic E-state index is 0.0308. The number of nitrogens with one attached hydrogen (secondary N) is 2. The van der Waals surface area contributed by atoms with Gasteiger partial charge in [0.1, 0.15) is 5.82 Å². The molecule has 0 spiro atoms. The zero-order chi connectivity index (χ0) is 24.0. The largest absolute Gasteiger partial charge is 0.385 e. The molecule has 1 saturated heterocycles. The van der Waals surface area contributed by atoms with Gasteiger partial charge in [-0.2, -0.15) is 0 Å². The fourth-order valence-electron chi connectivity index (χ4n) is 3.86. The number of carbonyl (C=O) groups excluding carboxylic acids is 1. The summed E-state index contributed by atoms with van der Waals surface area (Å²) in [5.41, 5.74) is 5.10. The van der Waals surface area contributed by atoms with E-state index in [9.17, 15) is 9.18 Å². The third kappa shape index (κ3) is 6.23. The summed E-state index contributed by atoms with van der Waals surface area (Å²) in [6.45, 7) is 13.6. The SMILES string of the molecule is C=Cc1cc(CNC(=O)/C=C/c2ccc(C(C)(C)C)cc2N2CCOCC2)cc(F)c1NC. The van der Waals surface area contributed by atoms with Crippen LogP contribution in [0.1, 0.15) is 43.0 Å². The highest BCUT2D eigenvalue weighted by Crippen LogP contribution is 2.31. The first kappa shape index (κ1) is 24.5. The second kappa shape index (κ2) is 10.7. The maximum absolute atomic E-state index is 14.3. The predicted molar refractivity (Wildman–Crippen MR) is 135 cm³/mol. The van der Waals surface area contributed by atoms with E-state index in [-0.39, 0.29) is 23.7 Å². The maximum Gasteiger partial charge on any atom is 0.244 e. The van der Waals surface area contributed by atoms with Crippen LogP contribution in [-0.4, -0.2) is 39.3 Å². The highest BCUT2D eigenvalue weighted by atomic mass is 19.1. The van der Waals surface area contributed by atoms with Crippen molar-refractivity contribution in [3.05, 3.63) is 71.1 Å². The van der Waals surface area contributed by atoms with E-state index in [0.717, 1.165) is 24.3 Å². The second-order valence-corrected chi connectivity index (χ2v) is 9.17. The van der Waals surface area contributed by atoms with Gasteiger partial charge in [-0.25, -0.2) is 4.39 Å². The minimum Gasteiger partial charge on any atom is -0.385 e. The van der Waals surface area contributed by atoms with Crippen LogP contribution < -0.4 is 15.5 Å². The molecule has 176 valence electrons. The topological polar surface area (TPSA) is 53.6 Å². The van der Waals surface area contributed by atoms with Crippen molar-refractivity contribution in [1.82, 2.24) is 5.32 Å². The summed E-state index contributed by atoms with van der Waals surface area (Å²) in [7, 11) is 1.66. The first-order valence-electron chi connectivity index (χ1n) is 11.3. The van der Waals surface area contributed by atoms with Crippen molar-refractivity contribution < 1.29 is 13.9 Å². The monoisotopic (exact) mass is 451 g/mol. The smallest absolute Gasteiger partial charge is 0.244 e. The molecular formula is C27H34FN3O2. The zero-order valence-corrected chi connectivity index (χ0v) is 20.0. The van der Waals surface area contributed by atoms with Gasteiger partial charge in [0.05, 0.1) is 18.9 Å². The van der Waals surface area contributed by atoms with Gasteiger partial charge in [-0.3, -0.25) is 4.79 Å². The number of halogens is 1. The van der Waals surface area contributed by atoms with Crippen LogP contribution in [0, 0.1) is 5.82 Å². The second-order valence-electron chi connectivity index (χ2n) is 9.17. The number of rotatable bonds is 7. The number of hydrogen-bond donors (Lipinski definition) is 2.